The molecule has 0 fully saturated rings. The van der Waals surface area contributed by atoms with E-state index in [1.54, 1.807) is 6.92 Å². The lowest BCUT2D eigenvalue weighted by Crippen LogP contribution is -2.45. The van der Waals surface area contributed by atoms with Crippen molar-refractivity contribution in [1.82, 2.24) is 5.32 Å². The molecule has 0 spiro atoms. The van der Waals surface area contributed by atoms with E-state index in [2.05, 4.69) is 10.1 Å². The highest BCUT2D eigenvalue weighted by Crippen LogP contribution is 2.00. The van der Waals surface area contributed by atoms with Crippen molar-refractivity contribution in [2.75, 3.05) is 13.7 Å². The van der Waals surface area contributed by atoms with Crippen LogP contribution in [0, 0.1) is 0 Å². The monoisotopic (exact) mass is 230 g/mol. The largest absolute Gasteiger partial charge is 0.375 e. The molecule has 3 N–H and O–H groups in total. The minimum Gasteiger partial charge on any atom is -0.375 e. The standard InChI is InChI=1S/C10H18N2O4/c1-3-7(13)4-5-8(10(11)15)12-9(14)6-16-2/h8H,3-6H2,1-2H3,(H2,11,15)(H,12,14)/t8-/m1/s1. The molecule has 0 radical (unpaired) electrons. The molecule has 0 saturated heterocycles. The molecule has 0 unspecified atom stereocenters. The molecule has 2 amide bonds. The number of amides is 2. The number of carbonyl (C=O) groups is 3. The molecule has 0 aromatic heterocycles. The Kier molecular flexibility index (Phi) is 7.11. The molecule has 0 aliphatic carbocycles. The zero-order valence-corrected chi connectivity index (χ0v) is 9.62. The maximum atomic E-state index is 11.1. The van der Waals surface area contributed by atoms with Crippen LogP contribution < -0.4 is 11.1 Å². The smallest absolute Gasteiger partial charge is 0.246 e. The van der Waals surface area contributed by atoms with Crippen molar-refractivity contribution in [1.29, 1.82) is 0 Å². The molecule has 0 heterocycles. The molecule has 1 atom stereocenters. The lowest BCUT2D eigenvalue weighted by atomic mass is 10.1. The first-order valence-corrected chi connectivity index (χ1v) is 5.10. The van der Waals surface area contributed by atoms with Gasteiger partial charge in [0.1, 0.15) is 18.4 Å². The van der Waals surface area contributed by atoms with E-state index in [4.69, 9.17) is 5.73 Å². The van der Waals surface area contributed by atoms with Gasteiger partial charge in [-0.15, -0.1) is 0 Å². The zero-order valence-electron chi connectivity index (χ0n) is 9.62. The third-order valence-electron chi connectivity index (χ3n) is 2.06. The van der Waals surface area contributed by atoms with E-state index in [1.807, 2.05) is 0 Å². The third kappa shape index (κ3) is 6.13. The van der Waals surface area contributed by atoms with Gasteiger partial charge in [-0.2, -0.15) is 0 Å². The first-order valence-electron chi connectivity index (χ1n) is 5.10. The number of methoxy groups -OCH3 is 1. The van der Waals surface area contributed by atoms with Crippen LogP contribution in [-0.2, 0) is 19.1 Å². The number of hydrogen-bond donors (Lipinski definition) is 2. The van der Waals surface area contributed by atoms with E-state index in [0.717, 1.165) is 0 Å². The molecule has 6 heteroatoms. The molecule has 0 bridgehead atoms. The van der Waals surface area contributed by atoms with Gasteiger partial charge in [-0.05, 0) is 6.42 Å². The topological polar surface area (TPSA) is 98.5 Å². The van der Waals surface area contributed by atoms with Crippen LogP contribution in [-0.4, -0.2) is 37.4 Å². The van der Waals surface area contributed by atoms with E-state index in [-0.39, 0.29) is 25.2 Å². The van der Waals surface area contributed by atoms with Gasteiger partial charge in [0, 0.05) is 20.0 Å². The highest BCUT2D eigenvalue weighted by molar-refractivity contribution is 5.87. The van der Waals surface area contributed by atoms with E-state index < -0.39 is 17.9 Å². The maximum Gasteiger partial charge on any atom is 0.246 e. The fraction of sp³-hybridized carbons (Fsp3) is 0.700. The van der Waals surface area contributed by atoms with Crippen molar-refractivity contribution in [3.05, 3.63) is 0 Å². The van der Waals surface area contributed by atoms with Crippen LogP contribution in [0.15, 0.2) is 0 Å². The second kappa shape index (κ2) is 7.81. The minimum absolute atomic E-state index is 0.0345. The summed E-state index contributed by atoms with van der Waals surface area (Å²) < 4.78 is 4.60. The van der Waals surface area contributed by atoms with E-state index in [0.29, 0.717) is 6.42 Å². The summed E-state index contributed by atoms with van der Waals surface area (Å²) in [7, 11) is 1.37. The van der Waals surface area contributed by atoms with Crippen LogP contribution in [0.5, 0.6) is 0 Å². The lowest BCUT2D eigenvalue weighted by Gasteiger charge is -2.14. The Morgan fingerprint density at radius 1 is 1.38 bits per heavy atom. The summed E-state index contributed by atoms with van der Waals surface area (Å²) in [6.45, 7) is 1.61. The summed E-state index contributed by atoms with van der Waals surface area (Å²) in [5.74, 6) is -1.03. The fourth-order valence-electron chi connectivity index (χ4n) is 1.13. The number of ketones is 1. The quantitative estimate of drug-likeness (QED) is 0.579. The molecule has 92 valence electrons. The van der Waals surface area contributed by atoms with Gasteiger partial charge < -0.3 is 15.8 Å². The number of carbonyl (C=O) groups excluding carboxylic acids is 3. The van der Waals surface area contributed by atoms with E-state index >= 15 is 0 Å². The van der Waals surface area contributed by atoms with Crippen molar-refractivity contribution in [2.45, 2.75) is 32.2 Å². The maximum absolute atomic E-state index is 11.1. The number of Topliss-reactive ketones (excluding diaryl/α,β-unsaturated/α-hetero) is 1. The van der Waals surface area contributed by atoms with Gasteiger partial charge >= 0.3 is 0 Å². The number of hydrogen-bond acceptors (Lipinski definition) is 4. The Balaban J connectivity index is 4.12. The normalized spacial score (nSPS) is 11.9. The average Bonchev–Trinajstić information content (AvgIpc) is 2.23. The van der Waals surface area contributed by atoms with Crippen molar-refractivity contribution in [2.24, 2.45) is 5.73 Å². The predicted octanol–water partition coefficient (Wildman–Crippen LogP) is -0.638. The summed E-state index contributed by atoms with van der Waals surface area (Å²) >= 11 is 0. The Hall–Kier alpha value is -1.43. The first-order chi connectivity index (χ1) is 7.51. The summed E-state index contributed by atoms with van der Waals surface area (Å²) in [5, 5.41) is 2.41. The Morgan fingerprint density at radius 3 is 2.44 bits per heavy atom. The molecule has 0 aromatic rings. The SMILES string of the molecule is CCC(=O)CC[C@@H](NC(=O)COC)C(N)=O. The first kappa shape index (κ1) is 14.6. The fourth-order valence-corrected chi connectivity index (χ4v) is 1.13. The summed E-state index contributed by atoms with van der Waals surface area (Å²) in [4.78, 5) is 33.2. The highest BCUT2D eigenvalue weighted by Gasteiger charge is 2.18. The summed E-state index contributed by atoms with van der Waals surface area (Å²) in [6, 6.07) is -0.807. The van der Waals surface area contributed by atoms with Gasteiger partial charge in [-0.1, -0.05) is 6.92 Å². The molecular weight excluding hydrogens is 212 g/mol. The van der Waals surface area contributed by atoms with Gasteiger partial charge in [0.05, 0.1) is 0 Å². The third-order valence-corrected chi connectivity index (χ3v) is 2.06. The van der Waals surface area contributed by atoms with Crippen LogP contribution in [0.4, 0.5) is 0 Å². The molecule has 0 aliphatic heterocycles. The number of rotatable bonds is 8. The van der Waals surface area contributed by atoms with Gasteiger partial charge in [0.2, 0.25) is 11.8 Å². The Morgan fingerprint density at radius 2 is 2.00 bits per heavy atom. The van der Waals surface area contributed by atoms with Gasteiger partial charge in [-0.3, -0.25) is 14.4 Å². The van der Waals surface area contributed by atoms with Crippen LogP contribution in [0.25, 0.3) is 0 Å². The highest BCUT2D eigenvalue weighted by atomic mass is 16.5. The van der Waals surface area contributed by atoms with Crippen LogP contribution >= 0.6 is 0 Å². The Bertz CT molecular complexity index is 266. The van der Waals surface area contributed by atoms with Crippen molar-refractivity contribution >= 4 is 17.6 Å². The van der Waals surface area contributed by atoms with Crippen LogP contribution in [0.2, 0.25) is 0 Å². The second-order valence-electron chi connectivity index (χ2n) is 3.39. The number of ether oxygens (including phenoxy) is 1. The van der Waals surface area contributed by atoms with Gasteiger partial charge in [-0.25, -0.2) is 0 Å². The molecule has 0 rings (SSSR count). The zero-order chi connectivity index (χ0) is 12.6. The predicted molar refractivity (Wildman–Crippen MR) is 57.5 cm³/mol. The molecule has 6 nitrogen and oxygen atoms in total. The van der Waals surface area contributed by atoms with E-state index in [9.17, 15) is 14.4 Å². The average molecular weight is 230 g/mol. The van der Waals surface area contributed by atoms with Crippen molar-refractivity contribution in [3.8, 4) is 0 Å². The lowest BCUT2D eigenvalue weighted by molar-refractivity contribution is -0.130. The number of primary amides is 1. The van der Waals surface area contributed by atoms with Crippen LogP contribution in [0.1, 0.15) is 26.2 Å². The molecule has 16 heavy (non-hydrogen) atoms. The second-order valence-corrected chi connectivity index (χ2v) is 3.39. The molecule has 0 aromatic carbocycles. The van der Waals surface area contributed by atoms with Gasteiger partial charge in [0.15, 0.2) is 0 Å². The van der Waals surface area contributed by atoms with E-state index in [1.165, 1.54) is 7.11 Å². The van der Waals surface area contributed by atoms with Crippen molar-refractivity contribution < 1.29 is 19.1 Å². The van der Waals surface area contributed by atoms with Gasteiger partial charge in [0.25, 0.3) is 0 Å². The van der Waals surface area contributed by atoms with Crippen molar-refractivity contribution in [3.63, 3.8) is 0 Å². The minimum atomic E-state index is -0.807. The summed E-state index contributed by atoms with van der Waals surface area (Å²) in [6.07, 6.45) is 0.881. The molecule has 0 saturated carbocycles. The molecule has 0 aliphatic rings. The number of nitrogens with two attached hydrogens (primary N) is 1. The summed E-state index contributed by atoms with van der Waals surface area (Å²) in [5.41, 5.74) is 5.10. The van der Waals surface area contributed by atoms with Crippen LogP contribution in [0.3, 0.4) is 0 Å². The number of nitrogens with one attached hydrogen (secondary N) is 1. The Labute approximate surface area is 94.5 Å². The molecular formula is C10H18N2O4.